The van der Waals surface area contributed by atoms with Crippen molar-refractivity contribution in [3.05, 3.63) is 23.9 Å². The van der Waals surface area contributed by atoms with Crippen LogP contribution < -0.4 is 10.6 Å². The highest BCUT2D eigenvalue weighted by molar-refractivity contribution is 5.41. The molecule has 0 aromatic carbocycles. The lowest BCUT2D eigenvalue weighted by Crippen LogP contribution is -2.32. The number of hydrogen-bond acceptors (Lipinski definition) is 5. The second kappa shape index (κ2) is 9.69. The molecule has 20 heavy (non-hydrogen) atoms. The van der Waals surface area contributed by atoms with Gasteiger partial charge in [0, 0.05) is 38.5 Å². The van der Waals surface area contributed by atoms with E-state index in [0.717, 1.165) is 37.7 Å². The molecule has 5 nitrogen and oxygen atoms in total. The Balaban J connectivity index is 2.71. The Kier molecular flexibility index (Phi) is 8.18. The predicted molar refractivity (Wildman–Crippen MR) is 82.0 cm³/mol. The van der Waals surface area contributed by atoms with E-state index in [-0.39, 0.29) is 6.04 Å². The summed E-state index contributed by atoms with van der Waals surface area (Å²) in [6.45, 7) is 10.4. The van der Waals surface area contributed by atoms with Crippen molar-refractivity contribution >= 4 is 5.82 Å². The van der Waals surface area contributed by atoms with Crippen molar-refractivity contribution in [3.8, 4) is 0 Å². The molecule has 0 fully saturated rings. The first-order chi connectivity index (χ1) is 9.69. The molecule has 0 bridgehead atoms. The minimum atomic E-state index is 0.0115. The van der Waals surface area contributed by atoms with Crippen molar-refractivity contribution < 1.29 is 9.47 Å². The van der Waals surface area contributed by atoms with Crippen LogP contribution >= 0.6 is 0 Å². The zero-order chi connectivity index (χ0) is 14.8. The van der Waals surface area contributed by atoms with Crippen LogP contribution in [0.4, 0.5) is 5.82 Å². The molecular weight excluding hydrogens is 254 g/mol. The highest BCUT2D eigenvalue weighted by atomic mass is 16.5. The molecule has 5 heteroatoms. The molecule has 1 aromatic heterocycles. The summed E-state index contributed by atoms with van der Waals surface area (Å²) in [6.07, 6.45) is 1.81. The Labute approximate surface area is 122 Å². The number of anilines is 1. The third-order valence-electron chi connectivity index (χ3n) is 3.04. The van der Waals surface area contributed by atoms with E-state index in [1.807, 2.05) is 39.1 Å². The van der Waals surface area contributed by atoms with Crippen molar-refractivity contribution in [3.63, 3.8) is 0 Å². The van der Waals surface area contributed by atoms with Crippen molar-refractivity contribution in [2.75, 3.05) is 44.4 Å². The van der Waals surface area contributed by atoms with Crippen molar-refractivity contribution in [2.24, 2.45) is 5.73 Å². The molecular formula is C15H27N3O2. The third kappa shape index (κ3) is 5.86. The van der Waals surface area contributed by atoms with Gasteiger partial charge in [0.15, 0.2) is 0 Å². The lowest BCUT2D eigenvalue weighted by molar-refractivity contribution is 0.141. The molecule has 2 N–H and O–H groups in total. The molecule has 114 valence electrons. The molecule has 0 saturated heterocycles. The van der Waals surface area contributed by atoms with Gasteiger partial charge in [-0.2, -0.15) is 0 Å². The quantitative estimate of drug-likeness (QED) is 0.665. The standard InChI is InChI=1S/C15H27N3O2/c1-4-19-10-8-18(9-11-20-5-2)15-12-14(13(3)16)6-7-17-15/h6-7,12-13H,4-5,8-11,16H2,1-3H3/t13-/m0/s1. The minimum Gasteiger partial charge on any atom is -0.380 e. The molecule has 0 unspecified atom stereocenters. The van der Waals surface area contributed by atoms with Gasteiger partial charge in [0.2, 0.25) is 0 Å². The number of ether oxygens (including phenoxy) is 2. The number of pyridine rings is 1. The molecule has 0 aliphatic heterocycles. The van der Waals surface area contributed by atoms with Crippen LogP contribution in [0.5, 0.6) is 0 Å². The maximum Gasteiger partial charge on any atom is 0.128 e. The normalized spacial score (nSPS) is 12.4. The summed E-state index contributed by atoms with van der Waals surface area (Å²) in [5.74, 6) is 0.930. The van der Waals surface area contributed by atoms with Gasteiger partial charge in [-0.3, -0.25) is 0 Å². The Morgan fingerprint density at radius 3 is 2.30 bits per heavy atom. The van der Waals surface area contributed by atoms with Crippen molar-refractivity contribution in [2.45, 2.75) is 26.8 Å². The van der Waals surface area contributed by atoms with Crippen molar-refractivity contribution in [1.82, 2.24) is 4.98 Å². The SMILES string of the molecule is CCOCCN(CCOCC)c1cc([C@H](C)N)ccn1. The molecule has 1 heterocycles. The Morgan fingerprint density at radius 2 is 1.80 bits per heavy atom. The molecule has 0 aliphatic rings. The van der Waals surface area contributed by atoms with Gasteiger partial charge in [-0.05, 0) is 38.5 Å². The summed E-state index contributed by atoms with van der Waals surface area (Å²) in [7, 11) is 0. The minimum absolute atomic E-state index is 0.0115. The molecule has 1 atom stereocenters. The lowest BCUT2D eigenvalue weighted by atomic mass is 10.1. The van der Waals surface area contributed by atoms with Gasteiger partial charge >= 0.3 is 0 Å². The van der Waals surface area contributed by atoms with E-state index in [0.29, 0.717) is 13.2 Å². The van der Waals surface area contributed by atoms with Crippen LogP contribution in [-0.4, -0.2) is 44.5 Å². The van der Waals surface area contributed by atoms with Gasteiger partial charge in [-0.15, -0.1) is 0 Å². The average Bonchev–Trinajstić information content (AvgIpc) is 2.46. The van der Waals surface area contributed by atoms with E-state index in [4.69, 9.17) is 15.2 Å². The zero-order valence-electron chi connectivity index (χ0n) is 12.8. The van der Waals surface area contributed by atoms with Crippen LogP contribution in [0.3, 0.4) is 0 Å². The summed E-state index contributed by atoms with van der Waals surface area (Å²) in [6, 6.07) is 4.01. The number of nitrogens with two attached hydrogens (primary N) is 1. The number of aromatic nitrogens is 1. The smallest absolute Gasteiger partial charge is 0.128 e. The van der Waals surface area contributed by atoms with E-state index in [1.165, 1.54) is 0 Å². The third-order valence-corrected chi connectivity index (χ3v) is 3.04. The first-order valence-corrected chi connectivity index (χ1v) is 7.31. The van der Waals surface area contributed by atoms with Gasteiger partial charge in [-0.25, -0.2) is 4.98 Å². The first-order valence-electron chi connectivity index (χ1n) is 7.31. The van der Waals surface area contributed by atoms with E-state index in [1.54, 1.807) is 0 Å². The first kappa shape index (κ1) is 16.9. The Hall–Kier alpha value is -1.17. The molecule has 0 saturated carbocycles. The van der Waals surface area contributed by atoms with E-state index >= 15 is 0 Å². The fraction of sp³-hybridized carbons (Fsp3) is 0.667. The van der Waals surface area contributed by atoms with E-state index in [2.05, 4.69) is 9.88 Å². The van der Waals surface area contributed by atoms with E-state index in [9.17, 15) is 0 Å². The summed E-state index contributed by atoms with van der Waals surface area (Å²) < 4.78 is 10.9. The van der Waals surface area contributed by atoms with Gasteiger partial charge in [0.1, 0.15) is 5.82 Å². The highest BCUT2D eigenvalue weighted by Gasteiger charge is 2.10. The summed E-state index contributed by atoms with van der Waals surface area (Å²) in [4.78, 5) is 6.62. The molecule has 1 aromatic rings. The van der Waals surface area contributed by atoms with Gasteiger partial charge in [0.25, 0.3) is 0 Å². The lowest BCUT2D eigenvalue weighted by Gasteiger charge is -2.24. The summed E-state index contributed by atoms with van der Waals surface area (Å²) in [5.41, 5.74) is 7.02. The molecule has 0 spiro atoms. The molecule has 0 aliphatic carbocycles. The maximum absolute atomic E-state index is 5.93. The van der Waals surface area contributed by atoms with Gasteiger partial charge in [-0.1, -0.05) is 0 Å². The average molecular weight is 281 g/mol. The van der Waals surface area contributed by atoms with Crippen LogP contribution in [0.1, 0.15) is 32.4 Å². The fourth-order valence-electron chi connectivity index (χ4n) is 1.87. The molecule has 0 radical (unpaired) electrons. The van der Waals surface area contributed by atoms with Crippen LogP contribution in [0.25, 0.3) is 0 Å². The molecule has 1 rings (SSSR count). The van der Waals surface area contributed by atoms with Crippen LogP contribution in [0, 0.1) is 0 Å². The number of rotatable bonds is 10. The van der Waals surface area contributed by atoms with Crippen molar-refractivity contribution in [1.29, 1.82) is 0 Å². The monoisotopic (exact) mass is 281 g/mol. The highest BCUT2D eigenvalue weighted by Crippen LogP contribution is 2.16. The summed E-state index contributed by atoms with van der Waals surface area (Å²) >= 11 is 0. The van der Waals surface area contributed by atoms with Crippen LogP contribution in [0.2, 0.25) is 0 Å². The Morgan fingerprint density at radius 1 is 1.20 bits per heavy atom. The number of hydrogen-bond donors (Lipinski definition) is 1. The Bertz CT molecular complexity index is 362. The maximum atomic E-state index is 5.93. The second-order valence-electron chi connectivity index (χ2n) is 4.62. The second-order valence-corrected chi connectivity index (χ2v) is 4.62. The number of nitrogens with zero attached hydrogens (tertiary/aromatic N) is 2. The van der Waals surface area contributed by atoms with Gasteiger partial charge < -0.3 is 20.1 Å². The zero-order valence-corrected chi connectivity index (χ0v) is 12.8. The van der Waals surface area contributed by atoms with Crippen LogP contribution in [0.15, 0.2) is 18.3 Å². The largest absolute Gasteiger partial charge is 0.380 e. The van der Waals surface area contributed by atoms with Crippen LogP contribution in [-0.2, 0) is 9.47 Å². The molecule has 0 amide bonds. The van der Waals surface area contributed by atoms with E-state index < -0.39 is 0 Å². The predicted octanol–water partition coefficient (Wildman–Crippen LogP) is 1.98. The topological polar surface area (TPSA) is 60.6 Å². The summed E-state index contributed by atoms with van der Waals surface area (Å²) in [5, 5.41) is 0. The van der Waals surface area contributed by atoms with Gasteiger partial charge in [0.05, 0.1) is 13.2 Å². The fourth-order valence-corrected chi connectivity index (χ4v) is 1.87.